The number of thiazole rings is 1. The Morgan fingerprint density at radius 2 is 1.77 bits per heavy atom. The molecule has 0 radical (unpaired) electrons. The van der Waals surface area contributed by atoms with E-state index in [0.717, 1.165) is 27.7 Å². The van der Waals surface area contributed by atoms with Crippen molar-refractivity contribution in [1.29, 1.82) is 0 Å². The molecule has 0 saturated carbocycles. The summed E-state index contributed by atoms with van der Waals surface area (Å²) in [5, 5.41) is 21.0. The first-order valence-corrected chi connectivity index (χ1v) is 12.8. The minimum Gasteiger partial charge on any atom is -0.476 e. The second-order valence-corrected chi connectivity index (χ2v) is 10.2. The van der Waals surface area contributed by atoms with Gasteiger partial charge in [-0.15, -0.1) is 11.3 Å². The SMILES string of the molecule is NS(=O)(=O)c1ccc(Cc2c(-c3cccc4ccccc34)[nH]n(-c3nc(C(=O)O)cs3)c2=O)cc1. The first-order valence-electron chi connectivity index (χ1n) is 10.4. The number of carbonyl (C=O) groups is 1. The second kappa shape index (κ2) is 8.62. The van der Waals surface area contributed by atoms with Crippen molar-refractivity contribution in [3.05, 3.63) is 99.3 Å². The van der Waals surface area contributed by atoms with E-state index in [1.165, 1.54) is 22.2 Å². The number of primary sulfonamides is 1. The van der Waals surface area contributed by atoms with E-state index in [-0.39, 0.29) is 27.7 Å². The molecule has 0 unspecified atom stereocenters. The normalized spacial score (nSPS) is 11.7. The van der Waals surface area contributed by atoms with Crippen LogP contribution in [-0.4, -0.2) is 34.3 Å². The Morgan fingerprint density at radius 3 is 2.46 bits per heavy atom. The van der Waals surface area contributed by atoms with E-state index in [9.17, 15) is 23.1 Å². The summed E-state index contributed by atoms with van der Waals surface area (Å²) in [5.41, 5.74) is 1.96. The number of nitrogens with zero attached hydrogens (tertiary/aromatic N) is 2. The number of carboxylic acid groups (broad SMARTS) is 1. The van der Waals surface area contributed by atoms with E-state index >= 15 is 0 Å². The standard InChI is InChI=1S/C24H18N4O5S2/c25-35(32,33)16-10-8-14(9-11-16)12-19-21(18-7-3-5-15-4-1-2-6-17(15)18)27-28(22(19)29)24-26-20(13-34-24)23(30)31/h1-11,13,27H,12H2,(H,30,31)(H2,25,32,33). The first kappa shape index (κ1) is 22.7. The molecule has 0 aliphatic carbocycles. The van der Waals surface area contributed by atoms with Gasteiger partial charge in [-0.25, -0.2) is 23.3 Å². The van der Waals surface area contributed by atoms with Gasteiger partial charge in [-0.05, 0) is 28.5 Å². The first-order chi connectivity index (χ1) is 16.7. The Hall–Kier alpha value is -4.06. The number of benzene rings is 3. The monoisotopic (exact) mass is 506 g/mol. The molecule has 0 fully saturated rings. The molecule has 176 valence electrons. The van der Waals surface area contributed by atoms with Crippen LogP contribution in [0.4, 0.5) is 0 Å². The van der Waals surface area contributed by atoms with Crippen LogP contribution in [0, 0.1) is 0 Å². The molecule has 3 aromatic carbocycles. The Balaban J connectivity index is 1.69. The molecule has 11 heteroatoms. The van der Waals surface area contributed by atoms with Crippen LogP contribution in [0.1, 0.15) is 21.6 Å². The van der Waals surface area contributed by atoms with E-state index in [1.807, 2.05) is 42.5 Å². The van der Waals surface area contributed by atoms with Crippen molar-refractivity contribution >= 4 is 38.1 Å². The third kappa shape index (κ3) is 4.28. The van der Waals surface area contributed by atoms with Crippen molar-refractivity contribution in [2.75, 3.05) is 0 Å². The van der Waals surface area contributed by atoms with Crippen molar-refractivity contribution in [3.8, 4) is 16.4 Å². The fourth-order valence-corrected chi connectivity index (χ4v) is 5.17. The number of hydrogen-bond donors (Lipinski definition) is 3. The Kier molecular flexibility index (Phi) is 5.59. The van der Waals surface area contributed by atoms with E-state index in [2.05, 4.69) is 10.1 Å². The lowest BCUT2D eigenvalue weighted by atomic mass is 9.97. The Bertz CT molecular complexity index is 1740. The highest BCUT2D eigenvalue weighted by molar-refractivity contribution is 7.89. The van der Waals surface area contributed by atoms with Gasteiger partial charge in [0.05, 0.1) is 10.6 Å². The van der Waals surface area contributed by atoms with E-state index in [1.54, 1.807) is 12.1 Å². The van der Waals surface area contributed by atoms with E-state index in [4.69, 9.17) is 5.14 Å². The number of sulfonamides is 1. The molecule has 9 nitrogen and oxygen atoms in total. The van der Waals surface area contributed by atoms with Gasteiger partial charge >= 0.3 is 5.97 Å². The molecule has 0 atom stereocenters. The van der Waals surface area contributed by atoms with Gasteiger partial charge in [0, 0.05) is 22.9 Å². The fourth-order valence-electron chi connectivity index (χ4n) is 3.90. The zero-order valence-electron chi connectivity index (χ0n) is 18.0. The third-order valence-corrected chi connectivity index (χ3v) is 7.34. The predicted molar refractivity (Wildman–Crippen MR) is 133 cm³/mol. The molecule has 4 N–H and O–H groups in total. The summed E-state index contributed by atoms with van der Waals surface area (Å²) in [5.74, 6) is -1.18. The van der Waals surface area contributed by atoms with Gasteiger partial charge in [0.2, 0.25) is 15.2 Å². The van der Waals surface area contributed by atoms with Crippen molar-refractivity contribution in [2.45, 2.75) is 11.3 Å². The highest BCUT2D eigenvalue weighted by Crippen LogP contribution is 2.30. The maximum absolute atomic E-state index is 13.5. The Morgan fingerprint density at radius 1 is 1.06 bits per heavy atom. The Labute approximate surface area is 203 Å². The highest BCUT2D eigenvalue weighted by Gasteiger charge is 2.21. The zero-order valence-corrected chi connectivity index (χ0v) is 19.6. The van der Waals surface area contributed by atoms with Crippen molar-refractivity contribution in [3.63, 3.8) is 0 Å². The molecular formula is C24H18N4O5S2. The van der Waals surface area contributed by atoms with Gasteiger partial charge in [-0.2, -0.15) is 4.68 Å². The molecular weight excluding hydrogens is 488 g/mol. The summed E-state index contributed by atoms with van der Waals surface area (Å²) in [6, 6.07) is 19.5. The molecule has 5 aromatic rings. The van der Waals surface area contributed by atoms with Gasteiger partial charge in [0.15, 0.2) is 5.69 Å². The molecule has 0 amide bonds. The van der Waals surface area contributed by atoms with Gasteiger partial charge in [-0.1, -0.05) is 54.6 Å². The number of hydrogen-bond acceptors (Lipinski definition) is 6. The largest absolute Gasteiger partial charge is 0.476 e. The quantitative estimate of drug-likeness (QED) is 0.322. The lowest BCUT2D eigenvalue weighted by molar-refractivity contribution is 0.0691. The molecule has 35 heavy (non-hydrogen) atoms. The number of H-pyrrole nitrogens is 1. The third-order valence-electron chi connectivity index (χ3n) is 5.58. The molecule has 0 aliphatic rings. The minimum atomic E-state index is -3.84. The number of carboxylic acids is 1. The molecule has 0 aliphatic heterocycles. The summed E-state index contributed by atoms with van der Waals surface area (Å²) in [6.07, 6.45) is 0.197. The minimum absolute atomic E-state index is 0.0222. The maximum Gasteiger partial charge on any atom is 0.355 e. The highest BCUT2D eigenvalue weighted by atomic mass is 32.2. The van der Waals surface area contributed by atoms with Gasteiger partial charge in [-0.3, -0.25) is 9.89 Å². The summed E-state index contributed by atoms with van der Waals surface area (Å²) in [4.78, 5) is 28.9. The number of nitrogens with one attached hydrogen (secondary N) is 1. The fraction of sp³-hybridized carbons (Fsp3) is 0.0417. The van der Waals surface area contributed by atoms with Crippen molar-refractivity contribution in [2.24, 2.45) is 5.14 Å². The summed E-state index contributed by atoms with van der Waals surface area (Å²) in [7, 11) is -3.84. The van der Waals surface area contributed by atoms with Crippen LogP contribution in [0.2, 0.25) is 0 Å². The predicted octanol–water partition coefficient (Wildman–Crippen LogP) is 3.38. The summed E-state index contributed by atoms with van der Waals surface area (Å²) < 4.78 is 24.4. The summed E-state index contributed by atoms with van der Waals surface area (Å²) in [6.45, 7) is 0. The molecule has 0 bridgehead atoms. The van der Waals surface area contributed by atoms with E-state index in [0.29, 0.717) is 16.8 Å². The van der Waals surface area contributed by atoms with Gasteiger partial charge < -0.3 is 5.11 Å². The number of aromatic amines is 1. The lowest BCUT2D eigenvalue weighted by Crippen LogP contribution is -2.18. The molecule has 0 saturated heterocycles. The number of fused-ring (bicyclic) bond motifs is 1. The van der Waals surface area contributed by atoms with Crippen LogP contribution in [0.25, 0.3) is 27.2 Å². The topological polar surface area (TPSA) is 148 Å². The van der Waals surface area contributed by atoms with Gasteiger partial charge in [0.1, 0.15) is 0 Å². The van der Waals surface area contributed by atoms with Crippen LogP contribution in [-0.2, 0) is 16.4 Å². The van der Waals surface area contributed by atoms with E-state index < -0.39 is 16.0 Å². The number of rotatable bonds is 6. The van der Waals surface area contributed by atoms with Crippen LogP contribution in [0.5, 0.6) is 0 Å². The average Bonchev–Trinajstić information content (AvgIpc) is 3.44. The number of nitrogens with two attached hydrogens (primary N) is 1. The maximum atomic E-state index is 13.5. The van der Waals surface area contributed by atoms with Crippen molar-refractivity contribution in [1.82, 2.24) is 14.8 Å². The van der Waals surface area contributed by atoms with Crippen molar-refractivity contribution < 1.29 is 18.3 Å². The zero-order chi connectivity index (χ0) is 24.7. The smallest absolute Gasteiger partial charge is 0.355 e. The summed E-state index contributed by atoms with van der Waals surface area (Å²) >= 11 is 1.04. The molecule has 2 aromatic heterocycles. The number of aromatic nitrogens is 3. The van der Waals surface area contributed by atoms with Crippen LogP contribution < -0.4 is 10.7 Å². The van der Waals surface area contributed by atoms with Crippen LogP contribution in [0.15, 0.2) is 81.8 Å². The molecule has 0 spiro atoms. The number of aromatic carboxylic acids is 1. The molecule has 5 rings (SSSR count). The molecule has 2 heterocycles. The lowest BCUT2D eigenvalue weighted by Gasteiger charge is -2.08. The van der Waals surface area contributed by atoms with Crippen LogP contribution in [0.3, 0.4) is 0 Å². The van der Waals surface area contributed by atoms with Gasteiger partial charge in [0.25, 0.3) is 5.56 Å². The van der Waals surface area contributed by atoms with Crippen LogP contribution >= 0.6 is 11.3 Å². The average molecular weight is 507 g/mol. The second-order valence-electron chi connectivity index (χ2n) is 7.82.